The van der Waals surface area contributed by atoms with Crippen LogP contribution in [0.25, 0.3) is 0 Å². The Morgan fingerprint density at radius 1 is 1.05 bits per heavy atom. The van der Waals surface area contributed by atoms with Crippen LogP contribution in [0.3, 0.4) is 0 Å². The Balaban J connectivity index is 1.60. The van der Waals surface area contributed by atoms with Gasteiger partial charge in [-0.1, -0.05) is 64.0 Å². The first kappa shape index (κ1) is 16.4. The van der Waals surface area contributed by atoms with Crippen LogP contribution >= 0.6 is 0 Å². The number of ether oxygens (including phenoxy) is 1. The predicted octanol–water partition coefficient (Wildman–Crippen LogP) is 5.19. The van der Waals surface area contributed by atoms with Crippen molar-refractivity contribution in [2.45, 2.75) is 77.2 Å². The molecule has 1 atom stereocenters. The van der Waals surface area contributed by atoms with Gasteiger partial charge >= 0.3 is 0 Å². The summed E-state index contributed by atoms with van der Waals surface area (Å²) in [5.41, 5.74) is 2.30. The Morgan fingerprint density at radius 2 is 1.76 bits per heavy atom. The molecule has 1 aromatic rings. The van der Waals surface area contributed by atoms with E-state index in [1.54, 1.807) is 0 Å². The average Bonchev–Trinajstić information content (AvgIpc) is 2.88. The van der Waals surface area contributed by atoms with E-state index in [4.69, 9.17) is 4.74 Å². The van der Waals surface area contributed by atoms with Gasteiger partial charge in [-0.2, -0.15) is 0 Å². The highest BCUT2D eigenvalue weighted by Gasteiger charge is 2.22. The van der Waals surface area contributed by atoms with E-state index in [1.165, 1.54) is 50.5 Å². The summed E-state index contributed by atoms with van der Waals surface area (Å²) in [5.74, 6) is 0.993. The van der Waals surface area contributed by atoms with Gasteiger partial charge in [0, 0.05) is 5.56 Å². The molecule has 0 amide bonds. The lowest BCUT2D eigenvalue weighted by molar-refractivity contribution is 0.180. The lowest BCUT2D eigenvalue weighted by Crippen LogP contribution is -2.00. The zero-order valence-electron chi connectivity index (χ0n) is 13.4. The second kappa shape index (κ2) is 9.09. The SMILES string of the molecule is CCCCCCCCCCOc1cccc2c1CCC2O. The fraction of sp³-hybridized carbons (Fsp3) is 0.684. The molecule has 0 bridgehead atoms. The maximum absolute atomic E-state index is 9.88. The van der Waals surface area contributed by atoms with E-state index in [9.17, 15) is 5.11 Å². The summed E-state index contributed by atoms with van der Waals surface area (Å²) >= 11 is 0. The summed E-state index contributed by atoms with van der Waals surface area (Å²) in [5, 5.41) is 9.88. The van der Waals surface area contributed by atoms with Crippen molar-refractivity contribution in [3.63, 3.8) is 0 Å². The number of hydrogen-bond donors (Lipinski definition) is 1. The summed E-state index contributed by atoms with van der Waals surface area (Å²) in [6.45, 7) is 3.07. The van der Waals surface area contributed by atoms with E-state index >= 15 is 0 Å². The molecule has 0 aromatic heterocycles. The van der Waals surface area contributed by atoms with Crippen LogP contribution in [0, 0.1) is 0 Å². The predicted molar refractivity (Wildman–Crippen MR) is 87.8 cm³/mol. The van der Waals surface area contributed by atoms with Gasteiger partial charge < -0.3 is 9.84 Å². The first-order chi connectivity index (χ1) is 10.3. The van der Waals surface area contributed by atoms with E-state index < -0.39 is 0 Å². The summed E-state index contributed by atoms with van der Waals surface area (Å²) in [6.07, 6.45) is 12.1. The van der Waals surface area contributed by atoms with E-state index in [-0.39, 0.29) is 6.10 Å². The third kappa shape index (κ3) is 5.03. The molecule has 2 nitrogen and oxygen atoms in total. The second-order valence-corrected chi connectivity index (χ2v) is 6.20. The minimum Gasteiger partial charge on any atom is -0.493 e. The third-order valence-electron chi connectivity index (χ3n) is 4.45. The molecular formula is C19H30O2. The van der Waals surface area contributed by atoms with Gasteiger partial charge in [0.1, 0.15) is 5.75 Å². The molecule has 0 saturated carbocycles. The van der Waals surface area contributed by atoms with E-state index in [1.807, 2.05) is 18.2 Å². The van der Waals surface area contributed by atoms with E-state index in [2.05, 4.69) is 6.92 Å². The van der Waals surface area contributed by atoms with Crippen LogP contribution in [0.2, 0.25) is 0 Å². The Kier molecular flexibility index (Phi) is 7.08. The molecule has 1 aliphatic rings. The lowest BCUT2D eigenvalue weighted by atomic mass is 10.1. The van der Waals surface area contributed by atoms with Gasteiger partial charge in [0.05, 0.1) is 12.7 Å². The third-order valence-corrected chi connectivity index (χ3v) is 4.45. The standard InChI is InChI=1S/C19H30O2/c1-2-3-4-5-6-7-8-9-15-21-19-12-10-11-16-17(19)13-14-18(16)20/h10-12,18,20H,2-9,13-15H2,1H3. The largest absolute Gasteiger partial charge is 0.493 e. The molecule has 0 radical (unpaired) electrons. The molecule has 0 saturated heterocycles. The Hall–Kier alpha value is -1.02. The van der Waals surface area contributed by atoms with Crippen LogP contribution < -0.4 is 4.74 Å². The maximum atomic E-state index is 9.88. The van der Waals surface area contributed by atoms with Crippen molar-refractivity contribution in [3.8, 4) is 5.75 Å². The summed E-state index contributed by atoms with van der Waals surface area (Å²) in [6, 6.07) is 6.06. The highest BCUT2D eigenvalue weighted by atomic mass is 16.5. The molecule has 118 valence electrons. The minimum atomic E-state index is -0.285. The Labute approximate surface area is 129 Å². The quantitative estimate of drug-likeness (QED) is 0.601. The zero-order chi connectivity index (χ0) is 14.9. The molecule has 21 heavy (non-hydrogen) atoms. The van der Waals surface area contributed by atoms with E-state index in [0.717, 1.165) is 37.2 Å². The number of rotatable bonds is 10. The van der Waals surface area contributed by atoms with Gasteiger partial charge in [-0.05, 0) is 30.9 Å². The topological polar surface area (TPSA) is 29.5 Å². The highest BCUT2D eigenvalue weighted by Crippen LogP contribution is 2.36. The van der Waals surface area contributed by atoms with Gasteiger partial charge in [0.2, 0.25) is 0 Å². The highest BCUT2D eigenvalue weighted by molar-refractivity contribution is 5.44. The van der Waals surface area contributed by atoms with Crippen LogP contribution in [0.4, 0.5) is 0 Å². The maximum Gasteiger partial charge on any atom is 0.122 e. The number of hydrogen-bond acceptors (Lipinski definition) is 2. The van der Waals surface area contributed by atoms with Crippen molar-refractivity contribution in [2.75, 3.05) is 6.61 Å². The molecule has 1 aliphatic carbocycles. The summed E-state index contributed by atoms with van der Waals surface area (Å²) < 4.78 is 5.93. The van der Waals surface area contributed by atoms with Crippen LogP contribution in [-0.4, -0.2) is 11.7 Å². The van der Waals surface area contributed by atoms with Gasteiger partial charge in [-0.25, -0.2) is 0 Å². The van der Waals surface area contributed by atoms with Crippen molar-refractivity contribution in [1.29, 1.82) is 0 Å². The van der Waals surface area contributed by atoms with Crippen LogP contribution in [0.5, 0.6) is 5.75 Å². The van der Waals surface area contributed by atoms with Crippen LogP contribution in [0.1, 0.15) is 81.9 Å². The molecule has 0 aliphatic heterocycles. The average molecular weight is 290 g/mol. The fourth-order valence-electron chi connectivity index (χ4n) is 3.15. The molecule has 1 aromatic carbocycles. The van der Waals surface area contributed by atoms with Crippen molar-refractivity contribution < 1.29 is 9.84 Å². The van der Waals surface area contributed by atoms with E-state index in [0.29, 0.717) is 0 Å². The lowest BCUT2D eigenvalue weighted by Gasteiger charge is -2.11. The second-order valence-electron chi connectivity index (χ2n) is 6.20. The Bertz CT molecular complexity index is 414. The molecule has 1 N–H and O–H groups in total. The molecule has 2 heteroatoms. The minimum absolute atomic E-state index is 0.285. The molecule has 0 heterocycles. The number of aliphatic hydroxyl groups excluding tert-OH is 1. The molecule has 0 spiro atoms. The smallest absolute Gasteiger partial charge is 0.122 e. The number of unbranched alkanes of at least 4 members (excludes halogenated alkanes) is 7. The molecule has 1 unspecified atom stereocenters. The number of benzene rings is 1. The first-order valence-electron chi connectivity index (χ1n) is 8.75. The van der Waals surface area contributed by atoms with Gasteiger partial charge in [-0.15, -0.1) is 0 Å². The first-order valence-corrected chi connectivity index (χ1v) is 8.75. The fourth-order valence-corrected chi connectivity index (χ4v) is 3.15. The van der Waals surface area contributed by atoms with Gasteiger partial charge in [0.25, 0.3) is 0 Å². The summed E-state index contributed by atoms with van der Waals surface area (Å²) in [4.78, 5) is 0. The van der Waals surface area contributed by atoms with Crippen LogP contribution in [-0.2, 0) is 6.42 Å². The molecule has 0 fully saturated rings. The van der Waals surface area contributed by atoms with Crippen molar-refractivity contribution in [2.24, 2.45) is 0 Å². The van der Waals surface area contributed by atoms with Crippen LogP contribution in [0.15, 0.2) is 18.2 Å². The monoisotopic (exact) mass is 290 g/mol. The van der Waals surface area contributed by atoms with Crippen molar-refractivity contribution in [1.82, 2.24) is 0 Å². The van der Waals surface area contributed by atoms with Crippen molar-refractivity contribution in [3.05, 3.63) is 29.3 Å². The zero-order valence-corrected chi connectivity index (χ0v) is 13.4. The summed E-state index contributed by atoms with van der Waals surface area (Å²) in [7, 11) is 0. The normalized spacial score (nSPS) is 17.0. The Morgan fingerprint density at radius 3 is 2.52 bits per heavy atom. The van der Waals surface area contributed by atoms with Gasteiger partial charge in [-0.3, -0.25) is 0 Å². The number of fused-ring (bicyclic) bond motifs is 1. The van der Waals surface area contributed by atoms with Crippen molar-refractivity contribution >= 4 is 0 Å². The van der Waals surface area contributed by atoms with Gasteiger partial charge in [0.15, 0.2) is 0 Å². The number of aliphatic hydroxyl groups is 1. The molecular weight excluding hydrogens is 260 g/mol. The molecule has 2 rings (SSSR count).